The quantitative estimate of drug-likeness (QED) is 0.853. The van der Waals surface area contributed by atoms with Gasteiger partial charge in [0.1, 0.15) is 0 Å². The van der Waals surface area contributed by atoms with E-state index in [1.807, 2.05) is 0 Å². The van der Waals surface area contributed by atoms with E-state index in [1.54, 1.807) is 0 Å². The maximum atomic E-state index is 3.80. The first-order chi connectivity index (χ1) is 9.52. The summed E-state index contributed by atoms with van der Waals surface area (Å²) in [5.74, 6) is 1.50. The molecule has 4 atom stereocenters. The van der Waals surface area contributed by atoms with Gasteiger partial charge in [0.2, 0.25) is 0 Å². The van der Waals surface area contributed by atoms with Gasteiger partial charge in [0.05, 0.1) is 0 Å². The predicted molar refractivity (Wildman–Crippen MR) is 91.5 cm³/mol. The van der Waals surface area contributed by atoms with E-state index in [0.717, 1.165) is 29.2 Å². The van der Waals surface area contributed by atoms with Gasteiger partial charge in [0.15, 0.2) is 0 Å². The van der Waals surface area contributed by atoms with Gasteiger partial charge in [-0.1, -0.05) is 34.1 Å². The van der Waals surface area contributed by atoms with E-state index in [0.29, 0.717) is 6.04 Å². The van der Waals surface area contributed by atoms with E-state index in [1.165, 1.54) is 38.8 Å². The van der Waals surface area contributed by atoms with Crippen LogP contribution in [0, 0.1) is 11.8 Å². The minimum absolute atomic E-state index is 0.680. The summed E-state index contributed by atoms with van der Waals surface area (Å²) in [6.45, 7) is 11.9. The fraction of sp³-hybridized carbons (Fsp3) is 1.00. The molecule has 0 spiro atoms. The van der Waals surface area contributed by atoms with Crippen LogP contribution in [0.25, 0.3) is 0 Å². The molecule has 1 saturated carbocycles. The van der Waals surface area contributed by atoms with Crippen LogP contribution in [0.4, 0.5) is 0 Å². The highest BCUT2D eigenvalue weighted by molar-refractivity contribution is 7.99. The molecule has 118 valence electrons. The highest BCUT2D eigenvalue weighted by Gasteiger charge is 2.37. The molecule has 0 bridgehead atoms. The van der Waals surface area contributed by atoms with Crippen molar-refractivity contribution in [1.82, 2.24) is 10.2 Å². The summed E-state index contributed by atoms with van der Waals surface area (Å²) in [6, 6.07) is 2.24. The zero-order valence-corrected chi connectivity index (χ0v) is 14.9. The second-order valence-electron chi connectivity index (χ2n) is 7.45. The van der Waals surface area contributed by atoms with E-state index >= 15 is 0 Å². The number of nitrogens with zero attached hydrogens (tertiary/aromatic N) is 1. The summed E-state index contributed by atoms with van der Waals surface area (Å²) in [5, 5.41) is 4.69. The lowest BCUT2D eigenvalue weighted by Crippen LogP contribution is -2.62. The van der Waals surface area contributed by atoms with Crippen LogP contribution in [-0.4, -0.2) is 47.6 Å². The molecule has 1 saturated heterocycles. The molecule has 2 fully saturated rings. The number of hydrogen-bond donors (Lipinski definition) is 1. The predicted octanol–water partition coefficient (Wildman–Crippen LogP) is 3.62. The first-order valence-corrected chi connectivity index (χ1v) is 9.83. The first-order valence-electron chi connectivity index (χ1n) is 8.54. The Morgan fingerprint density at radius 3 is 2.45 bits per heavy atom. The Balaban J connectivity index is 2.06. The summed E-state index contributed by atoms with van der Waals surface area (Å²) < 4.78 is 0. The normalized spacial score (nSPS) is 36.8. The summed E-state index contributed by atoms with van der Waals surface area (Å²) >= 11 is 2.09. The van der Waals surface area contributed by atoms with Gasteiger partial charge < -0.3 is 5.32 Å². The largest absolute Gasteiger partial charge is 0.311 e. The number of thioether (sulfide) groups is 1. The van der Waals surface area contributed by atoms with E-state index in [4.69, 9.17) is 0 Å². The fourth-order valence-corrected chi connectivity index (χ4v) is 4.75. The van der Waals surface area contributed by atoms with Crippen molar-refractivity contribution in [2.45, 2.75) is 76.8 Å². The molecular weight excluding hydrogens is 264 g/mol. The Bertz CT molecular complexity index is 293. The minimum Gasteiger partial charge on any atom is -0.311 e. The van der Waals surface area contributed by atoms with Gasteiger partial charge >= 0.3 is 0 Å². The molecule has 0 aromatic carbocycles. The first kappa shape index (κ1) is 16.6. The van der Waals surface area contributed by atoms with Gasteiger partial charge in [-0.3, -0.25) is 4.90 Å². The molecule has 0 amide bonds. The van der Waals surface area contributed by atoms with E-state index in [-0.39, 0.29) is 0 Å². The maximum Gasteiger partial charge on any atom is 0.0247 e. The Hall–Kier alpha value is 0.270. The van der Waals surface area contributed by atoms with Crippen LogP contribution in [0.1, 0.15) is 53.4 Å². The molecule has 0 radical (unpaired) electrons. The summed E-state index contributed by atoms with van der Waals surface area (Å²) in [7, 11) is 0. The molecule has 0 aromatic rings. The molecule has 3 heteroatoms. The van der Waals surface area contributed by atoms with Crippen molar-refractivity contribution >= 4 is 11.8 Å². The van der Waals surface area contributed by atoms with Gasteiger partial charge in [0, 0.05) is 36.5 Å². The van der Waals surface area contributed by atoms with Crippen LogP contribution in [0.5, 0.6) is 0 Å². The Morgan fingerprint density at radius 2 is 1.85 bits per heavy atom. The van der Waals surface area contributed by atoms with E-state index < -0.39 is 0 Å². The van der Waals surface area contributed by atoms with Crippen molar-refractivity contribution in [3.8, 4) is 0 Å². The number of piperazine rings is 1. The zero-order chi connectivity index (χ0) is 14.7. The van der Waals surface area contributed by atoms with Crippen LogP contribution >= 0.6 is 11.8 Å². The minimum atomic E-state index is 0.680. The standard InChI is InChI=1S/C17H34N2S/c1-12(2)16-11-19(17(10-18-16)13(3)4)14-7-6-8-15(9-14)20-5/h12-18H,6-11H2,1-5H3. The third kappa shape index (κ3) is 3.92. The molecule has 2 rings (SSSR count). The third-order valence-electron chi connectivity index (χ3n) is 5.40. The van der Waals surface area contributed by atoms with Crippen LogP contribution in [0.15, 0.2) is 0 Å². The third-order valence-corrected chi connectivity index (χ3v) is 6.49. The highest BCUT2D eigenvalue weighted by atomic mass is 32.2. The Kier molecular flexibility index (Phi) is 6.25. The lowest BCUT2D eigenvalue weighted by molar-refractivity contribution is 0.0316. The molecule has 1 aliphatic carbocycles. The lowest BCUT2D eigenvalue weighted by atomic mass is 9.87. The average molecular weight is 299 g/mol. The second-order valence-corrected chi connectivity index (χ2v) is 8.58. The van der Waals surface area contributed by atoms with E-state index in [2.05, 4.69) is 55.9 Å². The average Bonchev–Trinajstić information content (AvgIpc) is 2.46. The molecule has 2 aliphatic rings. The van der Waals surface area contributed by atoms with Crippen molar-refractivity contribution in [3.05, 3.63) is 0 Å². The van der Waals surface area contributed by atoms with Gasteiger partial charge in [-0.05, 0) is 37.4 Å². The van der Waals surface area contributed by atoms with Crippen LogP contribution in [-0.2, 0) is 0 Å². The fourth-order valence-electron chi connectivity index (χ4n) is 3.94. The van der Waals surface area contributed by atoms with Crippen LogP contribution in [0.2, 0.25) is 0 Å². The van der Waals surface area contributed by atoms with Gasteiger partial charge in [-0.15, -0.1) is 0 Å². The summed E-state index contributed by atoms with van der Waals surface area (Å²) in [5.41, 5.74) is 0. The van der Waals surface area contributed by atoms with Crippen molar-refractivity contribution in [3.63, 3.8) is 0 Å². The van der Waals surface area contributed by atoms with Crippen molar-refractivity contribution < 1.29 is 0 Å². The van der Waals surface area contributed by atoms with Gasteiger partial charge in [-0.2, -0.15) is 11.8 Å². The molecule has 1 heterocycles. The molecule has 2 nitrogen and oxygen atoms in total. The smallest absolute Gasteiger partial charge is 0.0247 e. The molecule has 4 unspecified atom stereocenters. The number of rotatable bonds is 4. The molecule has 1 N–H and O–H groups in total. The van der Waals surface area contributed by atoms with Crippen molar-refractivity contribution in [2.24, 2.45) is 11.8 Å². The van der Waals surface area contributed by atoms with Gasteiger partial charge in [-0.25, -0.2) is 0 Å². The topological polar surface area (TPSA) is 15.3 Å². The number of hydrogen-bond acceptors (Lipinski definition) is 3. The zero-order valence-electron chi connectivity index (χ0n) is 14.1. The Labute approximate surface area is 130 Å². The van der Waals surface area contributed by atoms with E-state index in [9.17, 15) is 0 Å². The van der Waals surface area contributed by atoms with Crippen LogP contribution in [0.3, 0.4) is 0 Å². The van der Waals surface area contributed by atoms with Crippen molar-refractivity contribution in [2.75, 3.05) is 19.3 Å². The molecule has 20 heavy (non-hydrogen) atoms. The molecule has 0 aromatic heterocycles. The maximum absolute atomic E-state index is 3.80. The second kappa shape index (κ2) is 7.51. The monoisotopic (exact) mass is 298 g/mol. The van der Waals surface area contributed by atoms with Crippen molar-refractivity contribution in [1.29, 1.82) is 0 Å². The number of nitrogens with one attached hydrogen (secondary N) is 1. The van der Waals surface area contributed by atoms with Crippen LogP contribution < -0.4 is 5.32 Å². The summed E-state index contributed by atoms with van der Waals surface area (Å²) in [4.78, 5) is 2.88. The highest BCUT2D eigenvalue weighted by Crippen LogP contribution is 2.33. The van der Waals surface area contributed by atoms with Gasteiger partial charge in [0.25, 0.3) is 0 Å². The Morgan fingerprint density at radius 1 is 1.10 bits per heavy atom. The summed E-state index contributed by atoms with van der Waals surface area (Å²) in [6.07, 6.45) is 7.99. The SMILES string of the molecule is CSC1CCCC(N2CC(C(C)C)NCC2C(C)C)C1. The lowest BCUT2D eigenvalue weighted by Gasteiger charge is -2.49. The molecular formula is C17H34N2S. The molecule has 1 aliphatic heterocycles.